The average Bonchev–Trinajstić information content (AvgIpc) is 3.91. The highest BCUT2D eigenvalue weighted by molar-refractivity contribution is 5.96. The third-order valence-electron chi connectivity index (χ3n) is 13.1. The molecule has 1 aromatic carbocycles. The molecular weight excluding hydrogens is 612 g/mol. The van der Waals surface area contributed by atoms with Crippen molar-refractivity contribution in [3.8, 4) is 5.75 Å². The highest BCUT2D eigenvalue weighted by Gasteiger charge is 2.57. The lowest BCUT2D eigenvalue weighted by Crippen LogP contribution is -2.28. The van der Waals surface area contributed by atoms with Crippen molar-refractivity contribution < 1.29 is 43.2 Å². The van der Waals surface area contributed by atoms with Crippen LogP contribution in [0.15, 0.2) is 43.0 Å². The number of ether oxygens (including phenoxy) is 4. The number of phenols is 1. The Hall–Kier alpha value is -3.62. The highest BCUT2D eigenvalue weighted by atomic mass is 16.5. The van der Waals surface area contributed by atoms with E-state index in [1.54, 1.807) is 6.92 Å². The molecule has 0 heterocycles. The normalized spacial score (nSPS) is 36.7. The first kappa shape index (κ1) is 32.9. The van der Waals surface area contributed by atoms with Crippen LogP contribution in [0.3, 0.4) is 0 Å². The molecule has 12 atom stereocenters. The lowest BCUT2D eigenvalue weighted by Gasteiger charge is -2.31. The van der Waals surface area contributed by atoms with Gasteiger partial charge in [-0.05, 0) is 148 Å². The first-order chi connectivity index (χ1) is 23.1. The molecule has 6 saturated carbocycles. The minimum Gasteiger partial charge on any atom is -0.508 e. The van der Waals surface area contributed by atoms with Crippen LogP contribution in [-0.4, -0.2) is 55.4 Å². The van der Waals surface area contributed by atoms with Gasteiger partial charge in [0.2, 0.25) is 0 Å². The molecule has 4 bridgehead atoms. The van der Waals surface area contributed by atoms with Crippen LogP contribution in [0.1, 0.15) is 79.0 Å². The van der Waals surface area contributed by atoms with Gasteiger partial charge in [-0.3, -0.25) is 0 Å². The summed E-state index contributed by atoms with van der Waals surface area (Å²) in [5, 5.41) is 10.4. The van der Waals surface area contributed by atoms with Crippen molar-refractivity contribution >= 4 is 23.9 Å². The van der Waals surface area contributed by atoms with E-state index in [1.807, 2.05) is 0 Å². The number of aromatic hydroxyl groups is 1. The number of fused-ring (bicyclic) bond motifs is 10. The minimum atomic E-state index is -0.557. The zero-order chi connectivity index (χ0) is 33.7. The molecule has 258 valence electrons. The molecule has 0 saturated heterocycles. The van der Waals surface area contributed by atoms with E-state index in [0.29, 0.717) is 97.1 Å². The van der Waals surface area contributed by atoms with Gasteiger partial charge in [-0.1, -0.05) is 13.2 Å². The van der Waals surface area contributed by atoms with E-state index in [-0.39, 0.29) is 34.7 Å². The number of hydrogen-bond donors (Lipinski definition) is 1. The van der Waals surface area contributed by atoms with Crippen LogP contribution in [-0.2, 0) is 28.5 Å². The van der Waals surface area contributed by atoms with E-state index in [0.717, 1.165) is 44.9 Å². The molecule has 1 aromatic rings. The molecule has 6 aliphatic rings. The maximum atomic E-state index is 13.1. The Morgan fingerprint density at radius 3 is 1.67 bits per heavy atom. The maximum Gasteiger partial charge on any atom is 0.338 e. The Bertz CT molecular complexity index is 1480. The summed E-state index contributed by atoms with van der Waals surface area (Å²) in [6.07, 6.45) is 9.83. The van der Waals surface area contributed by atoms with Crippen molar-refractivity contribution in [1.29, 1.82) is 0 Å². The largest absolute Gasteiger partial charge is 0.508 e. The zero-order valence-corrected chi connectivity index (χ0v) is 27.9. The Kier molecular flexibility index (Phi) is 9.16. The van der Waals surface area contributed by atoms with Gasteiger partial charge >= 0.3 is 23.9 Å². The average molecular weight is 661 g/mol. The summed E-state index contributed by atoms with van der Waals surface area (Å²) in [4.78, 5) is 49.6. The predicted molar refractivity (Wildman–Crippen MR) is 174 cm³/mol. The molecule has 0 amide bonds. The number of hydrogen-bond acceptors (Lipinski definition) is 9. The first-order valence-corrected chi connectivity index (χ1v) is 17.9. The quantitative estimate of drug-likeness (QED) is 0.160. The number of carbonyl (C=O) groups is 4. The summed E-state index contributed by atoms with van der Waals surface area (Å²) in [7, 11) is 0. The standard InChI is InChI=1S/C39H48O9/c1-4-36(41)45-16-21-5-30-24-10-28(33(15-24)34(30)7-21)19-48-39(44)26-11-25(12-29(40)13-26)38(43)46-17-22-6-31-23-9-27(18-47-37(42)20(2)3)32(14-23)35(31)8-22/h4,11-13,21-24,27-28,30-35,40H,1-2,5-10,14-19H2,3H3/t21?,22?,23-,24-,27?,28?,30-,31-,32?,33?,34?,35?/m1/s1. The third kappa shape index (κ3) is 6.41. The smallest absolute Gasteiger partial charge is 0.338 e. The number of benzene rings is 1. The van der Waals surface area contributed by atoms with Gasteiger partial charge in [0.15, 0.2) is 0 Å². The van der Waals surface area contributed by atoms with Crippen molar-refractivity contribution in [3.05, 3.63) is 54.1 Å². The molecular formula is C39H48O9. The summed E-state index contributed by atoms with van der Waals surface area (Å²) in [6.45, 7) is 10.3. The van der Waals surface area contributed by atoms with Crippen LogP contribution >= 0.6 is 0 Å². The van der Waals surface area contributed by atoms with Crippen LogP contribution in [0.25, 0.3) is 0 Å². The van der Waals surface area contributed by atoms with Gasteiger partial charge in [0.05, 0.1) is 37.6 Å². The van der Waals surface area contributed by atoms with Gasteiger partial charge < -0.3 is 24.1 Å². The predicted octanol–water partition coefficient (Wildman–Crippen LogP) is 6.15. The van der Waals surface area contributed by atoms with E-state index < -0.39 is 11.9 Å². The molecule has 7 rings (SSSR count). The van der Waals surface area contributed by atoms with Gasteiger partial charge in [-0.2, -0.15) is 0 Å². The Morgan fingerprint density at radius 2 is 1.15 bits per heavy atom. The molecule has 0 spiro atoms. The third-order valence-corrected chi connectivity index (χ3v) is 13.1. The molecule has 1 N–H and O–H groups in total. The van der Waals surface area contributed by atoms with E-state index in [9.17, 15) is 24.3 Å². The summed E-state index contributed by atoms with van der Waals surface area (Å²) >= 11 is 0. The van der Waals surface area contributed by atoms with Crippen molar-refractivity contribution in [2.24, 2.45) is 71.0 Å². The lowest BCUT2D eigenvalue weighted by atomic mass is 9.76. The van der Waals surface area contributed by atoms with Gasteiger partial charge in [0, 0.05) is 11.6 Å². The van der Waals surface area contributed by atoms with Crippen molar-refractivity contribution in [1.82, 2.24) is 0 Å². The second kappa shape index (κ2) is 13.4. The van der Waals surface area contributed by atoms with E-state index >= 15 is 0 Å². The molecule has 8 unspecified atom stereocenters. The fourth-order valence-corrected chi connectivity index (χ4v) is 11.3. The highest BCUT2D eigenvalue weighted by Crippen LogP contribution is 2.63. The molecule has 48 heavy (non-hydrogen) atoms. The summed E-state index contributed by atoms with van der Waals surface area (Å²) in [6, 6.07) is 4.12. The Labute approximate surface area is 282 Å². The molecule has 9 nitrogen and oxygen atoms in total. The summed E-state index contributed by atoms with van der Waals surface area (Å²) in [5.74, 6) is 4.07. The van der Waals surface area contributed by atoms with E-state index in [4.69, 9.17) is 18.9 Å². The van der Waals surface area contributed by atoms with Crippen molar-refractivity contribution in [2.45, 2.75) is 58.3 Å². The fourth-order valence-electron chi connectivity index (χ4n) is 11.3. The minimum absolute atomic E-state index is 0.136. The Balaban J connectivity index is 0.876. The number of carbonyl (C=O) groups excluding carboxylic acids is 4. The molecule has 6 fully saturated rings. The van der Waals surface area contributed by atoms with Crippen LogP contribution in [0.5, 0.6) is 5.75 Å². The molecule has 0 radical (unpaired) electrons. The number of esters is 4. The van der Waals surface area contributed by atoms with E-state index in [1.165, 1.54) is 30.7 Å². The van der Waals surface area contributed by atoms with Crippen LogP contribution in [0, 0.1) is 71.0 Å². The first-order valence-electron chi connectivity index (χ1n) is 17.9. The van der Waals surface area contributed by atoms with E-state index in [2.05, 4.69) is 13.2 Å². The topological polar surface area (TPSA) is 125 Å². The molecule has 9 heteroatoms. The fraction of sp³-hybridized carbons (Fsp3) is 0.641. The van der Waals surface area contributed by atoms with Crippen molar-refractivity contribution in [3.63, 3.8) is 0 Å². The summed E-state index contributed by atoms with van der Waals surface area (Å²) < 4.78 is 22.3. The number of rotatable bonds is 12. The SMILES string of the molecule is C=CC(=O)OCC1CC2C3C[C@@H](CC3COC(=O)c3cc(O)cc(C(=O)OCC4CC5C6C[C@@H](CC6COC(=O)C(=C)C)[C@H]5C4)c3)[C@H]2C1. The molecule has 0 aliphatic heterocycles. The lowest BCUT2D eigenvalue weighted by molar-refractivity contribution is -0.141. The van der Waals surface area contributed by atoms with Gasteiger partial charge in [-0.15, -0.1) is 0 Å². The van der Waals surface area contributed by atoms with Crippen LogP contribution in [0.2, 0.25) is 0 Å². The number of phenolic OH excluding ortho intramolecular Hbond substituents is 1. The van der Waals surface area contributed by atoms with Crippen molar-refractivity contribution in [2.75, 3.05) is 26.4 Å². The van der Waals surface area contributed by atoms with Crippen LogP contribution < -0.4 is 0 Å². The summed E-state index contributed by atoms with van der Waals surface area (Å²) in [5.41, 5.74) is 0.698. The molecule has 0 aromatic heterocycles. The van der Waals surface area contributed by atoms with Gasteiger partial charge in [0.1, 0.15) is 5.75 Å². The maximum absolute atomic E-state index is 13.1. The second-order valence-electron chi connectivity index (χ2n) is 15.8. The van der Waals surface area contributed by atoms with Crippen LogP contribution in [0.4, 0.5) is 0 Å². The van der Waals surface area contributed by atoms with Gasteiger partial charge in [-0.25, -0.2) is 19.2 Å². The second-order valence-corrected chi connectivity index (χ2v) is 15.8. The molecule has 6 aliphatic carbocycles. The zero-order valence-electron chi connectivity index (χ0n) is 27.9. The monoisotopic (exact) mass is 660 g/mol. The van der Waals surface area contributed by atoms with Gasteiger partial charge in [0.25, 0.3) is 0 Å². The Morgan fingerprint density at radius 1 is 0.667 bits per heavy atom.